The van der Waals surface area contributed by atoms with Crippen LogP contribution in [-0.4, -0.2) is 27.7 Å². The van der Waals surface area contributed by atoms with Gasteiger partial charge in [0.25, 0.3) is 0 Å². The molecule has 0 aromatic carbocycles. The molecule has 2 rings (SSSR count). The van der Waals surface area contributed by atoms with Crippen LogP contribution in [0.2, 0.25) is 0 Å². The number of aryl methyl sites for hydroxylation is 1. The minimum absolute atomic E-state index is 0.0933. The summed E-state index contributed by atoms with van der Waals surface area (Å²) < 4.78 is 7.08. The maximum Gasteiger partial charge on any atom is 0.164 e. The van der Waals surface area contributed by atoms with Gasteiger partial charge in [-0.25, -0.2) is 0 Å². The van der Waals surface area contributed by atoms with E-state index in [4.69, 9.17) is 4.74 Å². The van der Waals surface area contributed by atoms with Gasteiger partial charge in [-0.05, 0) is 19.4 Å². The molecule has 2 aromatic heterocycles. The van der Waals surface area contributed by atoms with E-state index in [1.165, 1.54) is 0 Å². The Kier molecular flexibility index (Phi) is 8.20. The van der Waals surface area contributed by atoms with Gasteiger partial charge in [-0.15, -0.1) is 5.10 Å². The van der Waals surface area contributed by atoms with E-state index in [2.05, 4.69) is 10.2 Å². The monoisotopic (exact) mass is 279 g/mol. The minimum Gasteiger partial charge on any atom is -0.493 e. The number of nitrogens with zero attached hydrogens (tertiary/aromatic N) is 3. The number of aromatic nitrogens is 3. The zero-order valence-electron chi connectivity index (χ0n) is 13.5. The van der Waals surface area contributed by atoms with Gasteiger partial charge >= 0.3 is 0 Å². The zero-order valence-corrected chi connectivity index (χ0v) is 13.5. The third-order valence-corrected chi connectivity index (χ3v) is 2.41. The largest absolute Gasteiger partial charge is 0.493 e. The zero-order chi connectivity index (χ0) is 15.7. The Labute approximate surface area is 121 Å². The number of methoxy groups -OCH3 is 1. The van der Waals surface area contributed by atoms with Crippen LogP contribution in [0.15, 0.2) is 12.4 Å². The molecular weight excluding hydrogens is 254 g/mol. The lowest BCUT2D eigenvalue weighted by atomic mass is 10.3. The van der Waals surface area contributed by atoms with E-state index >= 15 is 0 Å². The van der Waals surface area contributed by atoms with E-state index in [0.717, 1.165) is 16.6 Å². The summed E-state index contributed by atoms with van der Waals surface area (Å²) in [6.07, 6.45) is 3.45. The molecule has 0 radical (unpaired) electrons. The topological polar surface area (TPSA) is 57.0 Å². The first kappa shape index (κ1) is 18.1. The summed E-state index contributed by atoms with van der Waals surface area (Å²) in [6.45, 7) is 11.8. The van der Waals surface area contributed by atoms with Crippen LogP contribution in [-0.2, 0) is 11.3 Å². The van der Waals surface area contributed by atoms with Crippen molar-refractivity contribution < 1.29 is 9.53 Å². The van der Waals surface area contributed by atoms with Crippen LogP contribution in [0.25, 0.3) is 11.0 Å². The summed E-state index contributed by atoms with van der Waals surface area (Å²) in [5, 5.41) is 7.92. The molecule has 2 aromatic rings. The highest BCUT2D eigenvalue weighted by atomic mass is 16.5. The summed E-state index contributed by atoms with van der Waals surface area (Å²) in [5.41, 5.74) is 2.59. The van der Waals surface area contributed by atoms with E-state index in [1.54, 1.807) is 20.2 Å². The van der Waals surface area contributed by atoms with Gasteiger partial charge in [-0.2, -0.15) is 5.10 Å². The van der Waals surface area contributed by atoms with Gasteiger partial charge in [0.2, 0.25) is 0 Å². The number of carbonyl (C=O) groups is 1. The summed E-state index contributed by atoms with van der Waals surface area (Å²) in [6, 6.07) is 0. The van der Waals surface area contributed by atoms with E-state index in [1.807, 2.05) is 45.4 Å². The van der Waals surface area contributed by atoms with Gasteiger partial charge < -0.3 is 9.30 Å². The first-order valence-electron chi connectivity index (χ1n) is 6.98. The van der Waals surface area contributed by atoms with Crippen molar-refractivity contribution in [3.63, 3.8) is 0 Å². The van der Waals surface area contributed by atoms with Crippen molar-refractivity contribution in [3.8, 4) is 5.75 Å². The fourth-order valence-electron chi connectivity index (χ4n) is 1.78. The maximum absolute atomic E-state index is 11.2. The lowest BCUT2D eigenvalue weighted by Gasteiger charge is -2.05. The van der Waals surface area contributed by atoms with Gasteiger partial charge in [0.1, 0.15) is 16.8 Å². The van der Waals surface area contributed by atoms with E-state index in [0.29, 0.717) is 12.3 Å². The molecule has 0 unspecified atom stereocenters. The van der Waals surface area contributed by atoms with E-state index < -0.39 is 0 Å². The second kappa shape index (κ2) is 9.07. The number of hydrogen-bond donors (Lipinski definition) is 0. The number of carbonyl (C=O) groups excluding carboxylic acids is 1. The number of ketones is 1. The molecule has 5 nitrogen and oxygen atoms in total. The minimum atomic E-state index is 0.0933. The summed E-state index contributed by atoms with van der Waals surface area (Å²) >= 11 is 0. The standard InChI is InChI=1S/C11H13N3O2.2C2H6/c1-7-5-14(6-8(2)15)11-9(16-3)4-12-13-10(7)11;2*1-2/h4-5H,6H2,1-3H3;2*1-2H3. The highest BCUT2D eigenvalue weighted by Gasteiger charge is 2.13. The lowest BCUT2D eigenvalue weighted by Crippen LogP contribution is -2.05. The first-order valence-corrected chi connectivity index (χ1v) is 6.98. The molecule has 0 bridgehead atoms. The number of ether oxygens (including phenoxy) is 1. The molecule has 0 saturated heterocycles. The van der Waals surface area contributed by atoms with Gasteiger partial charge in [0, 0.05) is 6.20 Å². The fraction of sp³-hybridized carbons (Fsp3) is 0.533. The highest BCUT2D eigenvalue weighted by molar-refractivity contribution is 5.86. The van der Waals surface area contributed by atoms with Crippen LogP contribution in [0.1, 0.15) is 40.2 Å². The Balaban J connectivity index is 0.000000829. The average Bonchev–Trinajstić information content (AvgIpc) is 2.79. The predicted molar refractivity (Wildman–Crippen MR) is 82.2 cm³/mol. The summed E-state index contributed by atoms with van der Waals surface area (Å²) in [5.74, 6) is 0.732. The third kappa shape index (κ3) is 4.05. The molecule has 20 heavy (non-hydrogen) atoms. The molecule has 0 aliphatic rings. The van der Waals surface area contributed by atoms with Crippen LogP contribution in [0.5, 0.6) is 5.75 Å². The molecular formula is C15H25N3O2. The SMILES string of the molecule is CC.CC.COc1cnnc2c(C)cn(CC(C)=O)c12. The van der Waals surface area contributed by atoms with Crippen LogP contribution < -0.4 is 4.74 Å². The van der Waals surface area contributed by atoms with Crippen molar-refractivity contribution in [1.29, 1.82) is 0 Å². The quantitative estimate of drug-likeness (QED) is 0.864. The molecule has 0 aliphatic carbocycles. The Morgan fingerprint density at radius 2 is 1.90 bits per heavy atom. The number of fused-ring (bicyclic) bond motifs is 1. The van der Waals surface area contributed by atoms with Crippen molar-refractivity contribution in [3.05, 3.63) is 18.0 Å². The Morgan fingerprint density at radius 1 is 1.30 bits per heavy atom. The summed E-state index contributed by atoms with van der Waals surface area (Å²) in [4.78, 5) is 11.2. The average molecular weight is 279 g/mol. The second-order valence-corrected chi connectivity index (χ2v) is 3.75. The van der Waals surface area contributed by atoms with Crippen molar-refractivity contribution in [2.75, 3.05) is 7.11 Å². The third-order valence-electron chi connectivity index (χ3n) is 2.41. The van der Waals surface area contributed by atoms with E-state index in [-0.39, 0.29) is 5.78 Å². The number of Topliss-reactive ketones (excluding diaryl/α,β-unsaturated/α-hetero) is 1. The van der Waals surface area contributed by atoms with Gasteiger partial charge in [-0.1, -0.05) is 27.7 Å². The van der Waals surface area contributed by atoms with E-state index in [9.17, 15) is 4.79 Å². The molecule has 0 atom stereocenters. The first-order chi connectivity index (χ1) is 9.63. The Hall–Kier alpha value is -1.91. The molecule has 0 amide bonds. The highest BCUT2D eigenvalue weighted by Crippen LogP contribution is 2.26. The van der Waals surface area contributed by atoms with Crippen LogP contribution in [0, 0.1) is 6.92 Å². The van der Waals surface area contributed by atoms with Gasteiger partial charge in [0.15, 0.2) is 5.75 Å². The molecule has 0 fully saturated rings. The Morgan fingerprint density at radius 3 is 2.40 bits per heavy atom. The lowest BCUT2D eigenvalue weighted by molar-refractivity contribution is -0.117. The van der Waals surface area contributed by atoms with Crippen LogP contribution in [0.4, 0.5) is 0 Å². The maximum atomic E-state index is 11.2. The van der Waals surface area contributed by atoms with Crippen molar-refractivity contribution >= 4 is 16.8 Å². The van der Waals surface area contributed by atoms with Crippen LogP contribution >= 0.6 is 0 Å². The normalized spacial score (nSPS) is 9.15. The smallest absolute Gasteiger partial charge is 0.164 e. The van der Waals surface area contributed by atoms with Crippen molar-refractivity contribution in [2.45, 2.75) is 48.1 Å². The molecule has 2 heterocycles. The van der Waals surface area contributed by atoms with Gasteiger partial charge in [-0.3, -0.25) is 4.79 Å². The number of hydrogen-bond acceptors (Lipinski definition) is 4. The number of rotatable bonds is 3. The summed E-state index contributed by atoms with van der Waals surface area (Å²) in [7, 11) is 1.58. The predicted octanol–water partition coefficient (Wildman–Crippen LogP) is 3.39. The Bertz CT molecular complexity index is 547. The molecule has 0 aliphatic heterocycles. The van der Waals surface area contributed by atoms with Gasteiger partial charge in [0.05, 0.1) is 19.9 Å². The molecule has 0 saturated carbocycles. The second-order valence-electron chi connectivity index (χ2n) is 3.75. The molecule has 112 valence electrons. The van der Waals surface area contributed by atoms with Crippen molar-refractivity contribution in [1.82, 2.24) is 14.8 Å². The molecule has 0 N–H and O–H groups in total. The molecule has 5 heteroatoms. The fourth-order valence-corrected chi connectivity index (χ4v) is 1.78. The van der Waals surface area contributed by atoms with Crippen molar-refractivity contribution in [2.24, 2.45) is 0 Å². The van der Waals surface area contributed by atoms with Crippen LogP contribution in [0.3, 0.4) is 0 Å². The molecule has 0 spiro atoms.